The molecule has 1 saturated carbocycles. The van der Waals surface area contributed by atoms with Crippen molar-refractivity contribution >= 4 is 22.5 Å². The number of benzene rings is 1. The first-order chi connectivity index (χ1) is 5.21. The van der Waals surface area contributed by atoms with Crippen molar-refractivity contribution < 1.29 is 4.39 Å². The van der Waals surface area contributed by atoms with Crippen molar-refractivity contribution in [1.82, 2.24) is 0 Å². The fourth-order valence-corrected chi connectivity index (χ4v) is 2.15. The van der Waals surface area contributed by atoms with Crippen LogP contribution in [0.1, 0.15) is 18.4 Å². The summed E-state index contributed by atoms with van der Waals surface area (Å²) < 4.78 is 13.2. The van der Waals surface area contributed by atoms with Crippen molar-refractivity contribution in [2.45, 2.75) is 16.3 Å². The molecule has 1 aromatic carbocycles. The van der Waals surface area contributed by atoms with Gasteiger partial charge in [-0.2, -0.15) is 0 Å². The topological polar surface area (TPSA) is 0 Å². The average molecular weight is 255 g/mol. The molecule has 0 heterocycles. The maximum absolute atomic E-state index is 12.7. The predicted octanol–water partition coefficient (Wildman–Crippen LogP) is 1.72. The predicted molar refractivity (Wildman–Crippen MR) is 44.5 cm³/mol. The van der Waals surface area contributed by atoms with Gasteiger partial charge in [-0.05, 0) is 0 Å². The molecule has 2 heteroatoms. The Morgan fingerprint density at radius 1 is 1.36 bits per heavy atom. The van der Waals surface area contributed by atoms with Crippen molar-refractivity contribution in [3.05, 3.63) is 35.6 Å². The Labute approximate surface area is 78.9 Å². The number of hydrogen-bond acceptors (Lipinski definition) is 0. The van der Waals surface area contributed by atoms with E-state index >= 15 is 0 Å². The van der Waals surface area contributed by atoms with Crippen LogP contribution in [0, 0.1) is 5.82 Å². The van der Waals surface area contributed by atoms with Gasteiger partial charge in [-0.15, -0.1) is 0 Å². The van der Waals surface area contributed by atoms with Crippen molar-refractivity contribution in [1.29, 1.82) is 0 Å². The summed E-state index contributed by atoms with van der Waals surface area (Å²) in [7, 11) is 0. The Kier molecular flexibility index (Phi) is 1.71. The molecule has 1 fully saturated rings. The molecular formula is C9H9FSn. The fraction of sp³-hybridized carbons (Fsp3) is 0.333. The van der Waals surface area contributed by atoms with E-state index in [0.717, 1.165) is 0 Å². The third-order valence-corrected chi connectivity index (χ3v) is 4.79. The Morgan fingerprint density at radius 2 is 2.09 bits per heavy atom. The molecule has 1 aliphatic rings. The average Bonchev–Trinajstić information content (AvgIpc) is 2.70. The van der Waals surface area contributed by atoms with E-state index in [1.165, 1.54) is 47.0 Å². The van der Waals surface area contributed by atoms with Gasteiger partial charge >= 0.3 is 78.8 Å². The SMILES string of the molecule is Fc1cccc([C]2([SnH])CC2)c1. The number of rotatable bonds is 1. The third-order valence-electron chi connectivity index (χ3n) is 2.19. The van der Waals surface area contributed by atoms with Crippen LogP contribution in [0.15, 0.2) is 24.3 Å². The number of halogens is 1. The minimum absolute atomic E-state index is 0.0944. The van der Waals surface area contributed by atoms with Crippen LogP contribution in [-0.2, 0) is 3.43 Å². The van der Waals surface area contributed by atoms with E-state index in [9.17, 15) is 4.39 Å². The zero-order valence-electron chi connectivity index (χ0n) is 6.18. The van der Waals surface area contributed by atoms with Gasteiger partial charge in [-0.3, -0.25) is 0 Å². The van der Waals surface area contributed by atoms with E-state index in [1.807, 2.05) is 6.07 Å². The zero-order valence-corrected chi connectivity index (χ0v) is 9.47. The Bertz CT molecular complexity index is 279. The standard InChI is InChI=1S/C9H8F.Sn.H/c10-9-3-1-2-8(6-9)7-4-5-7;;/h1-3,6H,4-5H2;;. The summed E-state index contributed by atoms with van der Waals surface area (Å²) in [6, 6.07) is 7.04. The summed E-state index contributed by atoms with van der Waals surface area (Å²) >= 11 is 1.22. The van der Waals surface area contributed by atoms with Crippen LogP contribution >= 0.6 is 0 Å². The van der Waals surface area contributed by atoms with Gasteiger partial charge in [0.25, 0.3) is 0 Å². The van der Waals surface area contributed by atoms with Gasteiger partial charge in [0.2, 0.25) is 0 Å². The molecule has 56 valence electrons. The van der Waals surface area contributed by atoms with Crippen LogP contribution in [0.2, 0.25) is 0 Å². The molecular weight excluding hydrogens is 246 g/mol. The van der Waals surface area contributed by atoms with Gasteiger partial charge in [0.1, 0.15) is 0 Å². The molecule has 2 rings (SSSR count). The van der Waals surface area contributed by atoms with Crippen LogP contribution in [0.4, 0.5) is 4.39 Å². The molecule has 2 radical (unpaired) electrons. The van der Waals surface area contributed by atoms with E-state index in [0.29, 0.717) is 3.43 Å². The zero-order chi connectivity index (χ0) is 7.90. The molecule has 0 aromatic heterocycles. The molecule has 1 aromatic rings. The second-order valence-corrected chi connectivity index (χ2v) is 6.32. The van der Waals surface area contributed by atoms with Crippen molar-refractivity contribution in [3.63, 3.8) is 0 Å². The van der Waals surface area contributed by atoms with Crippen LogP contribution in [0.5, 0.6) is 0 Å². The van der Waals surface area contributed by atoms with Gasteiger partial charge in [-0.25, -0.2) is 0 Å². The summed E-state index contributed by atoms with van der Waals surface area (Å²) in [4.78, 5) is 0. The minimum atomic E-state index is -0.0944. The first kappa shape index (κ1) is 7.59. The van der Waals surface area contributed by atoms with E-state index < -0.39 is 0 Å². The van der Waals surface area contributed by atoms with E-state index in [2.05, 4.69) is 0 Å². The molecule has 0 spiro atoms. The Hall–Kier alpha value is -0.0513. The second kappa shape index (κ2) is 2.47. The van der Waals surface area contributed by atoms with Crippen LogP contribution in [0.3, 0.4) is 0 Å². The molecule has 0 atom stereocenters. The second-order valence-electron chi connectivity index (χ2n) is 3.17. The summed E-state index contributed by atoms with van der Waals surface area (Å²) in [6.07, 6.45) is 2.53. The van der Waals surface area contributed by atoms with Gasteiger partial charge in [0.15, 0.2) is 0 Å². The summed E-state index contributed by atoms with van der Waals surface area (Å²) in [6.45, 7) is 0. The molecule has 0 amide bonds. The summed E-state index contributed by atoms with van der Waals surface area (Å²) in [5.41, 5.74) is 1.21. The first-order valence-electron chi connectivity index (χ1n) is 3.76. The third kappa shape index (κ3) is 1.43. The van der Waals surface area contributed by atoms with Crippen LogP contribution in [0.25, 0.3) is 0 Å². The molecule has 0 N–H and O–H groups in total. The van der Waals surface area contributed by atoms with Crippen molar-refractivity contribution in [2.75, 3.05) is 0 Å². The fourth-order valence-electron chi connectivity index (χ4n) is 1.22. The molecule has 0 saturated heterocycles. The van der Waals surface area contributed by atoms with Crippen LogP contribution < -0.4 is 0 Å². The Morgan fingerprint density at radius 3 is 2.64 bits per heavy atom. The molecule has 11 heavy (non-hydrogen) atoms. The number of hydrogen-bond donors (Lipinski definition) is 0. The summed E-state index contributed by atoms with van der Waals surface area (Å²) in [5, 5.41) is 0. The molecule has 0 nitrogen and oxygen atoms in total. The van der Waals surface area contributed by atoms with E-state index in [-0.39, 0.29) is 5.82 Å². The maximum atomic E-state index is 12.7. The first-order valence-corrected chi connectivity index (χ1v) is 5.40. The van der Waals surface area contributed by atoms with Gasteiger partial charge in [0, 0.05) is 0 Å². The summed E-state index contributed by atoms with van der Waals surface area (Å²) in [5.74, 6) is -0.0944. The quantitative estimate of drug-likeness (QED) is 0.670. The van der Waals surface area contributed by atoms with Crippen molar-refractivity contribution in [3.8, 4) is 0 Å². The normalized spacial score (nSPS) is 19.8. The molecule has 0 aliphatic heterocycles. The monoisotopic (exact) mass is 256 g/mol. The molecule has 0 bridgehead atoms. The van der Waals surface area contributed by atoms with Gasteiger partial charge in [-0.1, -0.05) is 0 Å². The van der Waals surface area contributed by atoms with E-state index in [4.69, 9.17) is 0 Å². The van der Waals surface area contributed by atoms with E-state index in [1.54, 1.807) is 12.1 Å². The molecule has 1 aliphatic carbocycles. The Balaban J connectivity index is 2.38. The van der Waals surface area contributed by atoms with Gasteiger partial charge < -0.3 is 0 Å². The van der Waals surface area contributed by atoms with Crippen molar-refractivity contribution in [2.24, 2.45) is 0 Å². The van der Waals surface area contributed by atoms with Gasteiger partial charge in [0.05, 0.1) is 0 Å². The van der Waals surface area contributed by atoms with Crippen LogP contribution in [-0.4, -0.2) is 22.5 Å². The molecule has 0 unspecified atom stereocenters.